The van der Waals surface area contributed by atoms with E-state index in [4.69, 9.17) is 0 Å². The van der Waals surface area contributed by atoms with E-state index in [1.54, 1.807) is 0 Å². The van der Waals surface area contributed by atoms with Crippen LogP contribution >= 0.6 is 0 Å². The Balaban J connectivity index is 4.67. The quantitative estimate of drug-likeness (QED) is 0.667. The fraction of sp³-hybridized carbons (Fsp3) is 0.938. The van der Waals surface area contributed by atoms with Crippen LogP contribution in [0.5, 0.6) is 0 Å². The van der Waals surface area contributed by atoms with E-state index in [1.165, 1.54) is 0 Å². The molecule has 4 nitrogen and oxygen atoms in total. The van der Waals surface area contributed by atoms with Gasteiger partial charge in [0.1, 0.15) is 5.54 Å². The summed E-state index contributed by atoms with van der Waals surface area (Å²) >= 11 is 0. The summed E-state index contributed by atoms with van der Waals surface area (Å²) < 4.78 is 0. The molecule has 0 radical (unpaired) electrons. The molecule has 0 aromatic heterocycles. The molecule has 0 aliphatic heterocycles. The van der Waals surface area contributed by atoms with E-state index < -0.39 is 5.54 Å². The van der Waals surface area contributed by atoms with E-state index in [0.29, 0.717) is 12.0 Å². The lowest BCUT2D eigenvalue weighted by Crippen LogP contribution is -2.49. The highest BCUT2D eigenvalue weighted by molar-refractivity contribution is 5.05. The van der Waals surface area contributed by atoms with Gasteiger partial charge in [-0.15, -0.1) is 0 Å². The van der Waals surface area contributed by atoms with Crippen molar-refractivity contribution >= 4 is 0 Å². The molecule has 20 heavy (non-hydrogen) atoms. The molecule has 0 saturated carbocycles. The van der Waals surface area contributed by atoms with Crippen LogP contribution in [0.3, 0.4) is 0 Å². The Bertz CT molecular complexity index is 295. The van der Waals surface area contributed by atoms with Gasteiger partial charge in [0.25, 0.3) is 0 Å². The highest BCUT2D eigenvalue weighted by Gasteiger charge is 2.28. The van der Waals surface area contributed by atoms with Crippen LogP contribution in [0.2, 0.25) is 0 Å². The van der Waals surface area contributed by atoms with Crippen LogP contribution < -0.4 is 5.32 Å². The predicted molar refractivity (Wildman–Crippen MR) is 86.7 cm³/mol. The molecule has 1 N–H and O–H groups in total. The molecule has 0 aromatic carbocycles. The number of nitrogens with one attached hydrogen (secondary N) is 1. The molecule has 0 amide bonds. The monoisotopic (exact) mass is 282 g/mol. The van der Waals surface area contributed by atoms with Gasteiger partial charge < -0.3 is 4.90 Å². The maximum absolute atomic E-state index is 9.41. The van der Waals surface area contributed by atoms with Gasteiger partial charge in [-0.25, -0.2) is 0 Å². The van der Waals surface area contributed by atoms with Gasteiger partial charge in [0, 0.05) is 25.7 Å². The highest BCUT2D eigenvalue weighted by atomic mass is 15.2. The third kappa shape index (κ3) is 7.84. The summed E-state index contributed by atoms with van der Waals surface area (Å²) in [5.41, 5.74) is -0.429. The lowest BCUT2D eigenvalue weighted by atomic mass is 9.94. The largest absolute Gasteiger partial charge is 0.308 e. The van der Waals surface area contributed by atoms with Gasteiger partial charge in [0.2, 0.25) is 0 Å². The van der Waals surface area contributed by atoms with Crippen LogP contribution in [-0.2, 0) is 0 Å². The second-order valence-electron chi connectivity index (χ2n) is 6.72. The predicted octanol–water partition coefficient (Wildman–Crippen LogP) is 2.18. The zero-order chi connectivity index (χ0) is 15.8. The first-order valence-electron chi connectivity index (χ1n) is 7.79. The number of hydrogen-bond donors (Lipinski definition) is 1. The molecule has 0 heterocycles. The summed E-state index contributed by atoms with van der Waals surface area (Å²) in [7, 11) is 4.21. The zero-order valence-corrected chi connectivity index (χ0v) is 14.5. The van der Waals surface area contributed by atoms with E-state index >= 15 is 0 Å². The Labute approximate surface area is 126 Å². The lowest BCUT2D eigenvalue weighted by molar-refractivity contribution is 0.147. The average Bonchev–Trinajstić information content (AvgIpc) is 2.33. The highest BCUT2D eigenvalue weighted by Crippen LogP contribution is 2.17. The first-order valence-corrected chi connectivity index (χ1v) is 7.79. The standard InChI is InChI=1S/C16H34N4/c1-8-18-16(5,13-17)11-15(4)20(12-14(2)3)10-9-19(6)7/h14-15,18H,8-12H2,1-7H3. The van der Waals surface area contributed by atoms with Crippen molar-refractivity contribution in [3.8, 4) is 6.07 Å². The van der Waals surface area contributed by atoms with Gasteiger partial charge in [-0.05, 0) is 46.8 Å². The van der Waals surface area contributed by atoms with Crippen molar-refractivity contribution in [1.29, 1.82) is 5.26 Å². The van der Waals surface area contributed by atoms with E-state index in [-0.39, 0.29) is 0 Å². The molecule has 0 saturated heterocycles. The smallest absolute Gasteiger partial charge is 0.105 e. The zero-order valence-electron chi connectivity index (χ0n) is 14.5. The molecular weight excluding hydrogens is 248 g/mol. The molecule has 4 heteroatoms. The first-order chi connectivity index (χ1) is 9.24. The Morgan fingerprint density at radius 3 is 2.20 bits per heavy atom. The van der Waals surface area contributed by atoms with Crippen molar-refractivity contribution in [3.05, 3.63) is 0 Å². The molecular formula is C16H34N4. The second kappa shape index (κ2) is 9.33. The van der Waals surface area contributed by atoms with Gasteiger partial charge in [0.15, 0.2) is 0 Å². The van der Waals surface area contributed by atoms with Crippen molar-refractivity contribution in [2.24, 2.45) is 5.92 Å². The van der Waals surface area contributed by atoms with Gasteiger partial charge in [-0.1, -0.05) is 20.8 Å². The molecule has 2 unspecified atom stereocenters. The van der Waals surface area contributed by atoms with E-state index in [9.17, 15) is 5.26 Å². The van der Waals surface area contributed by atoms with Gasteiger partial charge in [0.05, 0.1) is 6.07 Å². The van der Waals surface area contributed by atoms with Crippen LogP contribution in [0.25, 0.3) is 0 Å². The maximum atomic E-state index is 9.41. The normalized spacial score (nSPS) is 16.4. The van der Waals surface area contributed by atoms with Crippen LogP contribution in [0.4, 0.5) is 0 Å². The molecule has 0 aliphatic carbocycles. The number of rotatable bonds is 10. The van der Waals surface area contributed by atoms with Crippen molar-refractivity contribution in [1.82, 2.24) is 15.1 Å². The molecule has 2 atom stereocenters. The van der Waals surface area contributed by atoms with E-state index in [2.05, 4.69) is 63.0 Å². The minimum absolute atomic E-state index is 0.404. The number of nitriles is 1. The number of hydrogen-bond acceptors (Lipinski definition) is 4. The molecule has 0 aromatic rings. The summed E-state index contributed by atoms with van der Waals surface area (Å²) in [4.78, 5) is 4.73. The van der Waals surface area contributed by atoms with Gasteiger partial charge >= 0.3 is 0 Å². The van der Waals surface area contributed by atoms with Crippen molar-refractivity contribution in [2.45, 2.75) is 52.6 Å². The summed E-state index contributed by atoms with van der Waals surface area (Å²) in [6.45, 7) is 14.8. The fourth-order valence-corrected chi connectivity index (χ4v) is 2.56. The van der Waals surface area contributed by atoms with Crippen LogP contribution in [0.1, 0.15) is 41.0 Å². The minimum atomic E-state index is -0.429. The van der Waals surface area contributed by atoms with Crippen LogP contribution in [0.15, 0.2) is 0 Å². The molecule has 0 rings (SSSR count). The van der Waals surface area contributed by atoms with Gasteiger partial charge in [-0.2, -0.15) is 5.26 Å². The third-order valence-electron chi connectivity index (χ3n) is 3.57. The third-order valence-corrected chi connectivity index (χ3v) is 3.57. The van der Waals surface area contributed by atoms with Crippen molar-refractivity contribution < 1.29 is 0 Å². The van der Waals surface area contributed by atoms with E-state index in [1.807, 2.05) is 6.92 Å². The van der Waals surface area contributed by atoms with Gasteiger partial charge in [-0.3, -0.25) is 10.2 Å². The molecule has 0 spiro atoms. The Morgan fingerprint density at radius 2 is 1.80 bits per heavy atom. The van der Waals surface area contributed by atoms with Crippen LogP contribution in [-0.4, -0.2) is 61.7 Å². The minimum Gasteiger partial charge on any atom is -0.308 e. The number of nitrogens with zero attached hydrogens (tertiary/aromatic N) is 3. The summed E-state index contributed by atoms with van der Waals surface area (Å²) in [6, 6.07) is 2.84. The van der Waals surface area contributed by atoms with Crippen molar-refractivity contribution in [3.63, 3.8) is 0 Å². The summed E-state index contributed by atoms with van der Waals surface area (Å²) in [5.74, 6) is 0.645. The Hall–Kier alpha value is -0.630. The summed E-state index contributed by atoms with van der Waals surface area (Å²) in [5, 5.41) is 12.7. The average molecular weight is 282 g/mol. The SMILES string of the molecule is CCNC(C)(C#N)CC(C)N(CCN(C)C)CC(C)C. The molecule has 0 bridgehead atoms. The molecule has 0 aliphatic rings. The maximum Gasteiger partial charge on any atom is 0.105 e. The lowest BCUT2D eigenvalue weighted by Gasteiger charge is -2.35. The van der Waals surface area contributed by atoms with E-state index in [0.717, 1.165) is 32.6 Å². The van der Waals surface area contributed by atoms with Crippen LogP contribution in [0, 0.1) is 17.2 Å². The Morgan fingerprint density at radius 1 is 1.20 bits per heavy atom. The second-order valence-corrected chi connectivity index (χ2v) is 6.72. The number of likely N-dealkylation sites (N-methyl/N-ethyl adjacent to an activating group) is 1. The molecule has 0 fully saturated rings. The molecule has 118 valence electrons. The first kappa shape index (κ1) is 19.4. The fourth-order valence-electron chi connectivity index (χ4n) is 2.56. The summed E-state index contributed by atoms with van der Waals surface area (Å²) in [6.07, 6.45) is 0.859. The van der Waals surface area contributed by atoms with Crippen molar-refractivity contribution in [2.75, 3.05) is 40.3 Å². The Kier molecular flexibility index (Phi) is 9.04. The topological polar surface area (TPSA) is 42.3 Å².